The molecule has 25 heavy (non-hydrogen) atoms. The molecule has 1 aromatic carbocycles. The molecule has 0 heterocycles. The number of benzene rings is 1. The maximum atomic E-state index is 10.1. The maximum Gasteiger partial charge on any atom is 0.294 e. The van der Waals surface area contributed by atoms with Gasteiger partial charge in [-0.15, -0.1) is 30.3 Å². The summed E-state index contributed by atoms with van der Waals surface area (Å²) < 4.78 is 0. The molecule has 138 valence electrons. The molecule has 0 aliphatic rings. The lowest BCUT2D eigenvalue weighted by molar-refractivity contribution is -0.803. The van der Waals surface area contributed by atoms with E-state index in [1.54, 1.807) is 12.1 Å². The van der Waals surface area contributed by atoms with Crippen molar-refractivity contribution in [3.05, 3.63) is 70.3 Å². The monoisotopic (exact) mass is 364 g/mol. The van der Waals surface area contributed by atoms with Crippen molar-refractivity contribution in [3.8, 4) is 0 Å². The first kappa shape index (κ1) is 21.2. The Bertz CT molecular complexity index is 587. The van der Waals surface area contributed by atoms with Crippen LogP contribution in [0.25, 0.3) is 0 Å². The van der Waals surface area contributed by atoms with Crippen molar-refractivity contribution >= 4 is 5.69 Å². The molecule has 0 aliphatic carbocycles. The molecule has 15 heteroatoms. The normalized spacial score (nSPS) is 9.36. The van der Waals surface area contributed by atoms with Gasteiger partial charge >= 0.3 is 0 Å². The number of non-ortho nitro benzene ring substituents is 1. The third-order valence-corrected chi connectivity index (χ3v) is 2.21. The molecule has 0 aliphatic heterocycles. The molecule has 0 fully saturated rings. The smallest absolute Gasteiger partial charge is 0.294 e. The van der Waals surface area contributed by atoms with Crippen molar-refractivity contribution in [2.45, 2.75) is 13.0 Å². The summed E-state index contributed by atoms with van der Waals surface area (Å²) in [6, 6.07) is 6.43. The van der Waals surface area contributed by atoms with Gasteiger partial charge in [0.05, 0.1) is 4.92 Å². The third-order valence-electron chi connectivity index (χ3n) is 2.21. The van der Waals surface area contributed by atoms with Crippen LogP contribution in [0.2, 0.25) is 0 Å². The van der Waals surface area contributed by atoms with Crippen LogP contribution in [0, 0.1) is 47.4 Å². The summed E-state index contributed by atoms with van der Waals surface area (Å²) in [7, 11) is 0. The maximum absolute atomic E-state index is 10.1. The summed E-state index contributed by atoms with van der Waals surface area (Å²) in [6.07, 6.45) is -1.55. The zero-order valence-corrected chi connectivity index (χ0v) is 12.6. The van der Waals surface area contributed by atoms with Gasteiger partial charge in [-0.25, -0.2) is 0 Å². The van der Waals surface area contributed by atoms with E-state index in [1.165, 1.54) is 12.1 Å². The van der Waals surface area contributed by atoms with Crippen LogP contribution >= 0.6 is 0 Å². The Morgan fingerprint density at radius 2 is 1.28 bits per heavy atom. The Balaban J connectivity index is 0.000000496. The van der Waals surface area contributed by atoms with E-state index in [4.69, 9.17) is 0 Å². The molecule has 0 atom stereocenters. The predicted octanol–water partition coefficient (Wildman–Crippen LogP) is 0.883. The number of aryl methyl sites for hydroxylation is 1. The van der Waals surface area contributed by atoms with Crippen molar-refractivity contribution in [3.63, 3.8) is 0 Å². The van der Waals surface area contributed by atoms with E-state index in [9.17, 15) is 40.5 Å². The molecular formula is C10H12N4O11. The molecule has 0 saturated carbocycles. The molecule has 0 saturated heterocycles. The van der Waals surface area contributed by atoms with E-state index in [0.717, 1.165) is 5.56 Å². The first-order valence-corrected chi connectivity index (χ1v) is 6.18. The first-order valence-electron chi connectivity index (χ1n) is 6.18. The highest BCUT2D eigenvalue weighted by atomic mass is 17.0. The van der Waals surface area contributed by atoms with E-state index in [2.05, 4.69) is 14.5 Å². The number of hydrogen-bond donors (Lipinski definition) is 0. The fraction of sp³-hybridized carbons (Fsp3) is 0.400. The van der Waals surface area contributed by atoms with E-state index in [0.29, 0.717) is 0 Å². The summed E-state index contributed by atoms with van der Waals surface area (Å²) in [6.45, 7) is 0.202. The standard InChI is InChI=1S/C7H7NO2.C3H5N3O9/c1-6-2-4-7(5-3-6)8(9)10;7-4(8)13-1-3(15-6(11)12)2-14-5(9)10/h2-5H,1H3;3H,1-2H2. The highest BCUT2D eigenvalue weighted by molar-refractivity contribution is 5.31. The largest absolute Gasteiger partial charge is 0.311 e. The topological polar surface area (TPSA) is 200 Å². The number of hydrogen-bond acceptors (Lipinski definition) is 11. The van der Waals surface area contributed by atoms with E-state index >= 15 is 0 Å². The second-order valence-electron chi connectivity index (χ2n) is 4.08. The molecule has 1 rings (SSSR count). The Hall–Kier alpha value is -3.78. The molecular weight excluding hydrogens is 352 g/mol. The van der Waals surface area contributed by atoms with Crippen molar-refractivity contribution in [1.82, 2.24) is 0 Å². The van der Waals surface area contributed by atoms with E-state index < -0.39 is 39.5 Å². The van der Waals surface area contributed by atoms with Crippen LogP contribution in [0.5, 0.6) is 0 Å². The number of rotatable bonds is 9. The second kappa shape index (κ2) is 10.9. The van der Waals surface area contributed by atoms with Crippen LogP contribution < -0.4 is 0 Å². The molecule has 0 radical (unpaired) electrons. The van der Waals surface area contributed by atoms with Crippen LogP contribution in [-0.2, 0) is 14.5 Å². The minimum Gasteiger partial charge on any atom is -0.311 e. The summed E-state index contributed by atoms with van der Waals surface area (Å²) in [5.74, 6) is 0. The summed E-state index contributed by atoms with van der Waals surface area (Å²) in [5.41, 5.74) is 1.18. The van der Waals surface area contributed by atoms with Gasteiger partial charge in [0.2, 0.25) is 0 Å². The van der Waals surface area contributed by atoms with E-state index in [1.807, 2.05) is 6.92 Å². The van der Waals surface area contributed by atoms with Gasteiger partial charge in [-0.3, -0.25) is 10.1 Å². The number of nitrogens with zero attached hydrogens (tertiary/aromatic N) is 4. The van der Waals surface area contributed by atoms with Gasteiger partial charge < -0.3 is 14.5 Å². The van der Waals surface area contributed by atoms with Crippen molar-refractivity contribution < 1.29 is 34.7 Å². The molecule has 0 amide bonds. The Kier molecular flexibility index (Phi) is 9.22. The minimum atomic E-state index is -1.55. The SMILES string of the molecule is Cc1ccc([N+](=O)[O-])cc1.O=[N+]([O-])OCC(CO[N+](=O)[O-])O[N+](=O)[O-]. The molecule has 1 aromatic rings. The Morgan fingerprint density at radius 3 is 1.60 bits per heavy atom. The first-order chi connectivity index (χ1) is 11.6. The van der Waals surface area contributed by atoms with Crippen molar-refractivity contribution in [2.24, 2.45) is 0 Å². The number of nitro benzene ring substituents is 1. The lowest BCUT2D eigenvalue weighted by Crippen LogP contribution is -2.30. The van der Waals surface area contributed by atoms with Crippen LogP contribution in [0.1, 0.15) is 5.56 Å². The molecule has 0 bridgehead atoms. The molecule has 0 aromatic heterocycles. The zero-order chi connectivity index (χ0) is 19.4. The highest BCUT2D eigenvalue weighted by Gasteiger charge is 2.17. The summed E-state index contributed by atoms with van der Waals surface area (Å²) in [5, 5.41) is 35.7. The number of nitro groups is 1. The van der Waals surface area contributed by atoms with Gasteiger partial charge in [0.1, 0.15) is 13.2 Å². The predicted molar refractivity (Wildman–Crippen MR) is 75.6 cm³/mol. The molecule has 15 nitrogen and oxygen atoms in total. The quantitative estimate of drug-likeness (QED) is 0.444. The van der Waals surface area contributed by atoms with Crippen molar-refractivity contribution in [2.75, 3.05) is 13.2 Å². The fourth-order valence-corrected chi connectivity index (χ4v) is 1.19. The van der Waals surface area contributed by atoms with Gasteiger partial charge in [-0.1, -0.05) is 17.7 Å². The fourth-order valence-electron chi connectivity index (χ4n) is 1.19. The highest BCUT2D eigenvalue weighted by Crippen LogP contribution is 2.10. The summed E-state index contributed by atoms with van der Waals surface area (Å²) >= 11 is 0. The molecule has 0 unspecified atom stereocenters. The average molecular weight is 364 g/mol. The Morgan fingerprint density at radius 1 is 0.840 bits per heavy atom. The van der Waals surface area contributed by atoms with Crippen LogP contribution in [-0.4, -0.2) is 39.5 Å². The molecule has 0 N–H and O–H groups in total. The van der Waals surface area contributed by atoms with Crippen LogP contribution in [0.3, 0.4) is 0 Å². The van der Waals surface area contributed by atoms with E-state index in [-0.39, 0.29) is 5.69 Å². The van der Waals surface area contributed by atoms with Gasteiger partial charge in [-0.05, 0) is 6.92 Å². The molecule has 0 spiro atoms. The van der Waals surface area contributed by atoms with Gasteiger partial charge in [0.25, 0.3) is 20.9 Å². The lowest BCUT2D eigenvalue weighted by Gasteiger charge is -2.11. The summed E-state index contributed by atoms with van der Waals surface area (Å²) in [4.78, 5) is 50.2. The van der Waals surface area contributed by atoms with Crippen molar-refractivity contribution in [1.29, 1.82) is 0 Å². The third kappa shape index (κ3) is 11.4. The lowest BCUT2D eigenvalue weighted by atomic mass is 10.2. The second-order valence-corrected chi connectivity index (χ2v) is 4.08. The van der Waals surface area contributed by atoms with Gasteiger partial charge in [0.15, 0.2) is 6.10 Å². The Labute approximate surface area is 138 Å². The van der Waals surface area contributed by atoms with Gasteiger partial charge in [0, 0.05) is 12.1 Å². The van der Waals surface area contributed by atoms with Crippen LogP contribution in [0.4, 0.5) is 5.69 Å². The van der Waals surface area contributed by atoms with Gasteiger partial charge in [-0.2, -0.15) is 0 Å². The zero-order valence-electron chi connectivity index (χ0n) is 12.6. The minimum absolute atomic E-state index is 0.144. The average Bonchev–Trinajstić information content (AvgIpc) is 2.50. The van der Waals surface area contributed by atoms with Crippen LogP contribution in [0.15, 0.2) is 24.3 Å².